The molecule has 1 amide bonds. The number of rotatable bonds is 1. The summed E-state index contributed by atoms with van der Waals surface area (Å²) < 4.78 is 0.875. The van der Waals surface area contributed by atoms with Crippen LogP contribution < -0.4 is 11.1 Å². The van der Waals surface area contributed by atoms with Gasteiger partial charge in [0.25, 0.3) is 5.91 Å². The van der Waals surface area contributed by atoms with Crippen molar-refractivity contribution in [1.82, 2.24) is 10.2 Å². The highest BCUT2D eigenvalue weighted by Gasteiger charge is 2.19. The molecule has 1 heterocycles. The van der Waals surface area contributed by atoms with Crippen molar-refractivity contribution in [2.75, 3.05) is 31.9 Å². The zero-order valence-electron chi connectivity index (χ0n) is 8.87. The lowest BCUT2D eigenvalue weighted by Crippen LogP contribution is -2.46. The first kappa shape index (κ1) is 11.4. The third-order valence-electron chi connectivity index (χ3n) is 2.65. The first-order chi connectivity index (χ1) is 7.68. The molecule has 1 aliphatic rings. The molecule has 0 atom stereocenters. The van der Waals surface area contributed by atoms with Crippen LogP contribution in [0.2, 0.25) is 0 Å². The number of amides is 1. The summed E-state index contributed by atoms with van der Waals surface area (Å²) in [5, 5.41) is 3.21. The van der Waals surface area contributed by atoms with E-state index in [4.69, 9.17) is 5.73 Å². The van der Waals surface area contributed by atoms with Crippen LogP contribution in [0.25, 0.3) is 0 Å². The van der Waals surface area contributed by atoms with E-state index in [2.05, 4.69) is 21.2 Å². The van der Waals surface area contributed by atoms with Crippen molar-refractivity contribution in [3.05, 3.63) is 28.2 Å². The molecular formula is C11H14BrN3O. The summed E-state index contributed by atoms with van der Waals surface area (Å²) in [5.41, 5.74) is 6.93. The van der Waals surface area contributed by atoms with Crippen LogP contribution in [0.4, 0.5) is 5.69 Å². The highest BCUT2D eigenvalue weighted by molar-refractivity contribution is 9.10. The Morgan fingerprint density at radius 3 is 2.75 bits per heavy atom. The molecular weight excluding hydrogens is 270 g/mol. The molecule has 1 saturated heterocycles. The second kappa shape index (κ2) is 4.84. The van der Waals surface area contributed by atoms with E-state index in [1.165, 1.54) is 0 Å². The number of hydrogen-bond donors (Lipinski definition) is 2. The molecule has 16 heavy (non-hydrogen) atoms. The fourth-order valence-electron chi connectivity index (χ4n) is 1.75. The van der Waals surface area contributed by atoms with E-state index in [0.29, 0.717) is 11.3 Å². The molecule has 5 heteroatoms. The third-order valence-corrected chi connectivity index (χ3v) is 3.14. The molecule has 86 valence electrons. The minimum atomic E-state index is 0.0142. The monoisotopic (exact) mass is 283 g/mol. The molecule has 0 saturated carbocycles. The molecule has 0 aromatic heterocycles. The summed E-state index contributed by atoms with van der Waals surface area (Å²) >= 11 is 3.35. The van der Waals surface area contributed by atoms with Crippen LogP contribution in [0.15, 0.2) is 22.7 Å². The second-order valence-electron chi connectivity index (χ2n) is 3.77. The molecule has 1 fully saturated rings. The number of nitrogens with zero attached hydrogens (tertiary/aromatic N) is 1. The molecule has 1 aliphatic heterocycles. The summed E-state index contributed by atoms with van der Waals surface area (Å²) in [4.78, 5) is 14.0. The number of benzene rings is 1. The van der Waals surface area contributed by atoms with E-state index in [9.17, 15) is 4.79 Å². The highest BCUT2D eigenvalue weighted by atomic mass is 79.9. The van der Waals surface area contributed by atoms with Gasteiger partial charge >= 0.3 is 0 Å². The summed E-state index contributed by atoms with van der Waals surface area (Å²) in [6, 6.07) is 5.36. The maximum absolute atomic E-state index is 12.2. The van der Waals surface area contributed by atoms with Gasteiger partial charge in [0.1, 0.15) is 0 Å². The maximum Gasteiger partial charge on any atom is 0.256 e. The molecule has 0 spiro atoms. The Balaban J connectivity index is 2.22. The largest absolute Gasteiger partial charge is 0.398 e. The predicted octanol–water partition coefficient (Wildman–Crippen LogP) is 1.08. The molecule has 3 N–H and O–H groups in total. The number of nitrogens with one attached hydrogen (secondary N) is 1. The molecule has 0 unspecified atom stereocenters. The molecule has 1 aromatic rings. The number of anilines is 1. The Morgan fingerprint density at radius 1 is 1.38 bits per heavy atom. The summed E-state index contributed by atoms with van der Waals surface area (Å²) in [5.74, 6) is 0.0142. The lowest BCUT2D eigenvalue weighted by atomic mass is 10.1. The van der Waals surface area contributed by atoms with E-state index in [0.717, 1.165) is 30.7 Å². The van der Waals surface area contributed by atoms with Gasteiger partial charge in [-0.1, -0.05) is 15.9 Å². The molecule has 1 aromatic carbocycles. The van der Waals surface area contributed by atoms with Gasteiger partial charge in [0.2, 0.25) is 0 Å². The van der Waals surface area contributed by atoms with Crippen molar-refractivity contribution < 1.29 is 4.79 Å². The minimum absolute atomic E-state index is 0.0142. The van der Waals surface area contributed by atoms with Gasteiger partial charge < -0.3 is 16.0 Å². The van der Waals surface area contributed by atoms with Gasteiger partial charge in [-0.05, 0) is 18.2 Å². The average Bonchev–Trinajstić information content (AvgIpc) is 2.32. The molecule has 2 rings (SSSR count). The van der Waals surface area contributed by atoms with E-state index in [1.807, 2.05) is 11.0 Å². The number of carbonyl (C=O) groups is 1. The first-order valence-electron chi connectivity index (χ1n) is 5.23. The number of nitrogen functional groups attached to an aromatic ring is 1. The Labute approximate surface area is 103 Å². The van der Waals surface area contributed by atoms with Crippen LogP contribution in [0.3, 0.4) is 0 Å². The van der Waals surface area contributed by atoms with Crippen molar-refractivity contribution in [3.63, 3.8) is 0 Å². The molecule has 0 radical (unpaired) electrons. The highest BCUT2D eigenvalue weighted by Crippen LogP contribution is 2.20. The van der Waals surface area contributed by atoms with Gasteiger partial charge in [0.15, 0.2) is 0 Å². The van der Waals surface area contributed by atoms with Gasteiger partial charge in [-0.15, -0.1) is 0 Å². The lowest BCUT2D eigenvalue weighted by molar-refractivity contribution is 0.0737. The van der Waals surface area contributed by atoms with Gasteiger partial charge in [-0.3, -0.25) is 4.79 Å². The van der Waals surface area contributed by atoms with Crippen LogP contribution in [0, 0.1) is 0 Å². The topological polar surface area (TPSA) is 58.4 Å². The van der Waals surface area contributed by atoms with Gasteiger partial charge in [0, 0.05) is 36.3 Å². The van der Waals surface area contributed by atoms with E-state index >= 15 is 0 Å². The molecule has 0 aliphatic carbocycles. The van der Waals surface area contributed by atoms with E-state index in [-0.39, 0.29) is 5.91 Å². The van der Waals surface area contributed by atoms with Crippen molar-refractivity contribution in [2.45, 2.75) is 0 Å². The maximum atomic E-state index is 12.2. The van der Waals surface area contributed by atoms with E-state index < -0.39 is 0 Å². The summed E-state index contributed by atoms with van der Waals surface area (Å²) in [6.45, 7) is 3.18. The number of piperazine rings is 1. The van der Waals surface area contributed by atoms with Crippen LogP contribution in [-0.2, 0) is 0 Å². The van der Waals surface area contributed by atoms with Crippen molar-refractivity contribution >= 4 is 27.5 Å². The normalized spacial score (nSPS) is 16.2. The summed E-state index contributed by atoms with van der Waals surface area (Å²) in [6.07, 6.45) is 0. The fraction of sp³-hybridized carbons (Fsp3) is 0.364. The fourth-order valence-corrected chi connectivity index (χ4v) is 2.11. The van der Waals surface area contributed by atoms with Gasteiger partial charge in [-0.2, -0.15) is 0 Å². The molecule has 0 bridgehead atoms. The standard InChI is InChI=1S/C11H14BrN3O/c12-8-1-2-10(13)9(7-8)11(16)15-5-3-14-4-6-15/h1-2,7,14H,3-6,13H2. The van der Waals surface area contributed by atoms with Crippen LogP contribution in [-0.4, -0.2) is 37.0 Å². The Hall–Kier alpha value is -1.07. The van der Waals surface area contributed by atoms with Crippen molar-refractivity contribution in [3.8, 4) is 0 Å². The van der Waals surface area contributed by atoms with E-state index in [1.54, 1.807) is 12.1 Å². The van der Waals surface area contributed by atoms with Crippen LogP contribution >= 0.6 is 15.9 Å². The third kappa shape index (κ3) is 2.36. The zero-order chi connectivity index (χ0) is 11.5. The number of nitrogens with two attached hydrogens (primary N) is 1. The van der Waals surface area contributed by atoms with Crippen molar-refractivity contribution in [1.29, 1.82) is 0 Å². The van der Waals surface area contributed by atoms with Crippen LogP contribution in [0.5, 0.6) is 0 Å². The average molecular weight is 284 g/mol. The van der Waals surface area contributed by atoms with Crippen LogP contribution in [0.1, 0.15) is 10.4 Å². The number of carbonyl (C=O) groups excluding carboxylic acids is 1. The zero-order valence-corrected chi connectivity index (χ0v) is 10.5. The number of hydrogen-bond acceptors (Lipinski definition) is 3. The summed E-state index contributed by atoms with van der Waals surface area (Å²) in [7, 11) is 0. The Morgan fingerprint density at radius 2 is 2.06 bits per heavy atom. The van der Waals surface area contributed by atoms with Gasteiger partial charge in [0.05, 0.1) is 5.56 Å². The number of halogens is 1. The quantitative estimate of drug-likeness (QED) is 0.759. The predicted molar refractivity (Wildman–Crippen MR) is 67.3 cm³/mol. The Bertz CT molecular complexity index is 402. The lowest BCUT2D eigenvalue weighted by Gasteiger charge is -2.27. The first-order valence-corrected chi connectivity index (χ1v) is 6.03. The minimum Gasteiger partial charge on any atom is -0.398 e. The van der Waals surface area contributed by atoms with Gasteiger partial charge in [-0.25, -0.2) is 0 Å². The van der Waals surface area contributed by atoms with Crippen molar-refractivity contribution in [2.24, 2.45) is 0 Å². The Kier molecular flexibility index (Phi) is 3.46. The SMILES string of the molecule is Nc1ccc(Br)cc1C(=O)N1CCNCC1. The smallest absolute Gasteiger partial charge is 0.256 e. The second-order valence-corrected chi connectivity index (χ2v) is 4.69. The molecule has 4 nitrogen and oxygen atoms in total.